The van der Waals surface area contributed by atoms with Crippen molar-refractivity contribution in [2.45, 2.75) is 5.16 Å². The molecule has 1 heterocycles. The molecule has 0 unspecified atom stereocenters. The van der Waals surface area contributed by atoms with Crippen molar-refractivity contribution < 1.29 is 4.79 Å². The van der Waals surface area contributed by atoms with Gasteiger partial charge in [0, 0.05) is 43.1 Å². The quantitative estimate of drug-likeness (QED) is 0.634. The third kappa shape index (κ3) is 4.81. The van der Waals surface area contributed by atoms with Gasteiger partial charge in [0.15, 0.2) is 11.0 Å². The van der Waals surface area contributed by atoms with Crippen LogP contribution in [-0.2, 0) is 11.8 Å². The van der Waals surface area contributed by atoms with E-state index in [9.17, 15) is 4.79 Å². The van der Waals surface area contributed by atoms with Gasteiger partial charge in [-0.05, 0) is 42.5 Å². The van der Waals surface area contributed by atoms with Gasteiger partial charge in [-0.2, -0.15) is 0 Å². The van der Waals surface area contributed by atoms with Crippen LogP contribution in [0.15, 0.2) is 53.7 Å². The Kier molecular flexibility index (Phi) is 6.03. The average Bonchev–Trinajstić information content (AvgIpc) is 3.00. The van der Waals surface area contributed by atoms with Crippen LogP contribution in [0.3, 0.4) is 0 Å². The number of nitrogens with zero attached hydrogens (tertiary/aromatic N) is 4. The van der Waals surface area contributed by atoms with E-state index in [1.165, 1.54) is 11.8 Å². The normalized spacial score (nSPS) is 10.7. The van der Waals surface area contributed by atoms with Crippen LogP contribution in [0.5, 0.6) is 0 Å². The number of nitrogens with one attached hydrogen (secondary N) is 1. The number of hydrogen-bond donors (Lipinski definition) is 1. The van der Waals surface area contributed by atoms with E-state index in [1.807, 2.05) is 54.9 Å². The summed E-state index contributed by atoms with van der Waals surface area (Å²) in [5, 5.41) is 12.6. The van der Waals surface area contributed by atoms with Crippen molar-refractivity contribution >= 4 is 40.6 Å². The molecule has 3 rings (SSSR count). The Morgan fingerprint density at radius 2 is 1.93 bits per heavy atom. The van der Waals surface area contributed by atoms with Gasteiger partial charge in [0.05, 0.1) is 5.75 Å². The number of anilines is 2. The molecule has 27 heavy (non-hydrogen) atoms. The van der Waals surface area contributed by atoms with Crippen molar-refractivity contribution in [3.63, 3.8) is 0 Å². The van der Waals surface area contributed by atoms with Crippen LogP contribution < -0.4 is 10.2 Å². The molecule has 1 aromatic heterocycles. The van der Waals surface area contributed by atoms with Crippen LogP contribution in [0.25, 0.3) is 11.4 Å². The highest BCUT2D eigenvalue weighted by molar-refractivity contribution is 7.99. The Hall–Kier alpha value is -2.51. The summed E-state index contributed by atoms with van der Waals surface area (Å²) in [6, 6.07) is 15.2. The van der Waals surface area contributed by atoms with E-state index in [0.717, 1.165) is 17.1 Å². The molecular weight excluding hydrogens is 382 g/mol. The zero-order valence-corrected chi connectivity index (χ0v) is 16.9. The lowest BCUT2D eigenvalue weighted by Gasteiger charge is -2.12. The summed E-state index contributed by atoms with van der Waals surface area (Å²) in [4.78, 5) is 14.2. The van der Waals surface area contributed by atoms with E-state index in [-0.39, 0.29) is 11.7 Å². The van der Waals surface area contributed by atoms with Gasteiger partial charge in [-0.1, -0.05) is 29.4 Å². The van der Waals surface area contributed by atoms with Gasteiger partial charge in [0.25, 0.3) is 0 Å². The minimum absolute atomic E-state index is 0.123. The van der Waals surface area contributed by atoms with E-state index in [0.29, 0.717) is 15.9 Å². The fourth-order valence-electron chi connectivity index (χ4n) is 2.49. The molecular formula is C19H20ClN5OS. The third-order valence-electron chi connectivity index (χ3n) is 3.92. The monoisotopic (exact) mass is 401 g/mol. The summed E-state index contributed by atoms with van der Waals surface area (Å²) in [7, 11) is 5.90. The summed E-state index contributed by atoms with van der Waals surface area (Å²) in [6.07, 6.45) is 0. The summed E-state index contributed by atoms with van der Waals surface area (Å²) < 4.78 is 1.89. The van der Waals surface area contributed by atoms with Crippen LogP contribution in [0.1, 0.15) is 0 Å². The first-order valence-electron chi connectivity index (χ1n) is 8.29. The molecule has 0 bridgehead atoms. The van der Waals surface area contributed by atoms with E-state index in [2.05, 4.69) is 15.5 Å². The van der Waals surface area contributed by atoms with Gasteiger partial charge in [0.2, 0.25) is 5.91 Å². The van der Waals surface area contributed by atoms with Crippen LogP contribution >= 0.6 is 23.4 Å². The molecule has 3 aromatic rings. The van der Waals surface area contributed by atoms with Crippen molar-refractivity contribution in [1.82, 2.24) is 14.8 Å². The first-order chi connectivity index (χ1) is 12.9. The van der Waals surface area contributed by atoms with Crippen LogP contribution in [0.4, 0.5) is 11.4 Å². The predicted molar refractivity (Wildman–Crippen MR) is 112 cm³/mol. The summed E-state index contributed by atoms with van der Waals surface area (Å²) in [6.45, 7) is 0. The molecule has 0 saturated heterocycles. The summed E-state index contributed by atoms with van der Waals surface area (Å²) in [5.41, 5.74) is 2.77. The zero-order valence-electron chi connectivity index (χ0n) is 15.3. The molecule has 0 atom stereocenters. The maximum atomic E-state index is 12.1. The Labute approximate surface area is 167 Å². The lowest BCUT2D eigenvalue weighted by atomic mass is 10.2. The number of aromatic nitrogens is 3. The van der Waals surface area contributed by atoms with Crippen LogP contribution in [-0.4, -0.2) is 40.5 Å². The number of carbonyl (C=O) groups excluding carboxylic acids is 1. The predicted octanol–water partition coefficient (Wildman–Crippen LogP) is 3.93. The van der Waals surface area contributed by atoms with Gasteiger partial charge in [-0.3, -0.25) is 4.79 Å². The SMILES string of the molecule is CN(C)c1ccc(-c2nnc(SCC(=O)Nc3cccc(Cl)c3)n2C)cc1. The number of benzene rings is 2. The van der Waals surface area contributed by atoms with Crippen molar-refractivity contribution in [1.29, 1.82) is 0 Å². The van der Waals surface area contributed by atoms with Crippen molar-refractivity contribution in [2.24, 2.45) is 7.05 Å². The number of thioether (sulfide) groups is 1. The highest BCUT2D eigenvalue weighted by Crippen LogP contribution is 2.24. The minimum atomic E-state index is -0.123. The molecule has 1 N–H and O–H groups in total. The maximum absolute atomic E-state index is 12.1. The number of halogens is 1. The lowest BCUT2D eigenvalue weighted by molar-refractivity contribution is -0.113. The number of rotatable bonds is 6. The van der Waals surface area contributed by atoms with Gasteiger partial charge >= 0.3 is 0 Å². The average molecular weight is 402 g/mol. The molecule has 0 saturated carbocycles. The minimum Gasteiger partial charge on any atom is -0.378 e. The Morgan fingerprint density at radius 3 is 2.59 bits per heavy atom. The summed E-state index contributed by atoms with van der Waals surface area (Å²) in [5.74, 6) is 0.873. The standard InChI is InChI=1S/C19H20ClN5OS/c1-24(2)16-9-7-13(8-10-16)18-22-23-19(25(18)3)27-12-17(26)21-15-6-4-5-14(20)11-15/h4-11H,12H2,1-3H3,(H,21,26). The third-order valence-corrected chi connectivity index (χ3v) is 5.17. The topological polar surface area (TPSA) is 63.1 Å². The summed E-state index contributed by atoms with van der Waals surface area (Å²) >= 11 is 7.27. The largest absolute Gasteiger partial charge is 0.378 e. The first kappa shape index (κ1) is 19.3. The zero-order chi connectivity index (χ0) is 19.4. The second kappa shape index (κ2) is 8.45. The maximum Gasteiger partial charge on any atom is 0.234 e. The van der Waals surface area contributed by atoms with Gasteiger partial charge < -0.3 is 14.8 Å². The molecule has 0 spiro atoms. The van der Waals surface area contributed by atoms with Gasteiger partial charge in [0.1, 0.15) is 0 Å². The number of amides is 1. The second-order valence-electron chi connectivity index (χ2n) is 6.15. The van der Waals surface area contributed by atoms with E-state index >= 15 is 0 Å². The van der Waals surface area contributed by atoms with Crippen LogP contribution in [0.2, 0.25) is 5.02 Å². The molecule has 2 aromatic carbocycles. The fraction of sp³-hybridized carbons (Fsp3) is 0.211. The number of hydrogen-bond acceptors (Lipinski definition) is 5. The van der Waals surface area contributed by atoms with Crippen molar-refractivity contribution in [2.75, 3.05) is 30.1 Å². The second-order valence-corrected chi connectivity index (χ2v) is 7.53. The molecule has 0 fully saturated rings. The number of carbonyl (C=O) groups is 1. The fourth-order valence-corrected chi connectivity index (χ4v) is 3.40. The first-order valence-corrected chi connectivity index (χ1v) is 9.66. The van der Waals surface area contributed by atoms with Crippen molar-refractivity contribution in [3.05, 3.63) is 53.6 Å². The van der Waals surface area contributed by atoms with E-state index in [4.69, 9.17) is 11.6 Å². The highest BCUT2D eigenvalue weighted by atomic mass is 35.5. The highest BCUT2D eigenvalue weighted by Gasteiger charge is 2.13. The molecule has 8 heteroatoms. The van der Waals surface area contributed by atoms with Crippen molar-refractivity contribution in [3.8, 4) is 11.4 Å². The molecule has 0 aliphatic carbocycles. The Balaban J connectivity index is 1.64. The Bertz CT molecular complexity index is 940. The molecule has 0 aliphatic heterocycles. The smallest absolute Gasteiger partial charge is 0.234 e. The molecule has 1 amide bonds. The molecule has 0 radical (unpaired) electrons. The molecule has 6 nitrogen and oxygen atoms in total. The van der Waals surface area contributed by atoms with Gasteiger partial charge in [-0.15, -0.1) is 10.2 Å². The van der Waals surface area contributed by atoms with Crippen LogP contribution in [0, 0.1) is 0 Å². The van der Waals surface area contributed by atoms with E-state index in [1.54, 1.807) is 24.3 Å². The molecule has 140 valence electrons. The molecule has 0 aliphatic rings. The lowest BCUT2D eigenvalue weighted by Crippen LogP contribution is -2.14. The van der Waals surface area contributed by atoms with Gasteiger partial charge in [-0.25, -0.2) is 0 Å². The van der Waals surface area contributed by atoms with E-state index < -0.39 is 0 Å². The Morgan fingerprint density at radius 1 is 1.19 bits per heavy atom.